The SMILES string of the molecule is C[C@@H](CCCN(C)C#N)n1nc(-c2ccc(OC3=C(F)CC(F)C=C3)cc2)c(C(N)=O)c1N. The number of halogens is 2. The highest BCUT2D eigenvalue weighted by Gasteiger charge is 2.24. The highest BCUT2D eigenvalue weighted by molar-refractivity contribution is 6.03. The maximum absolute atomic E-state index is 13.9. The molecule has 0 bridgehead atoms. The summed E-state index contributed by atoms with van der Waals surface area (Å²) in [5.41, 5.74) is 12.8. The van der Waals surface area contributed by atoms with Crippen LogP contribution in [0.25, 0.3) is 11.3 Å². The van der Waals surface area contributed by atoms with Crippen LogP contribution in [0.3, 0.4) is 0 Å². The van der Waals surface area contributed by atoms with Crippen LogP contribution in [0.2, 0.25) is 0 Å². The predicted octanol–water partition coefficient (Wildman–Crippen LogP) is 3.84. The molecule has 1 amide bonds. The van der Waals surface area contributed by atoms with Gasteiger partial charge in [0, 0.05) is 25.6 Å². The van der Waals surface area contributed by atoms with E-state index in [4.69, 9.17) is 21.5 Å². The first kappa shape index (κ1) is 23.8. The average molecular weight is 456 g/mol. The lowest BCUT2D eigenvalue weighted by molar-refractivity contribution is 0.100. The topological polar surface area (TPSA) is 123 Å². The Morgan fingerprint density at radius 1 is 1.42 bits per heavy atom. The van der Waals surface area contributed by atoms with E-state index in [1.807, 2.05) is 13.1 Å². The summed E-state index contributed by atoms with van der Waals surface area (Å²) in [4.78, 5) is 13.7. The van der Waals surface area contributed by atoms with Gasteiger partial charge in [0.1, 0.15) is 34.8 Å². The fourth-order valence-corrected chi connectivity index (χ4v) is 3.54. The number of nitrogen functional groups attached to an aromatic ring is 1. The zero-order chi connectivity index (χ0) is 24.1. The van der Waals surface area contributed by atoms with Crippen molar-refractivity contribution in [2.24, 2.45) is 5.73 Å². The predicted molar refractivity (Wildman–Crippen MR) is 120 cm³/mol. The van der Waals surface area contributed by atoms with Crippen molar-refractivity contribution in [2.45, 2.75) is 38.4 Å². The number of carbonyl (C=O) groups is 1. The van der Waals surface area contributed by atoms with Crippen LogP contribution >= 0.6 is 0 Å². The van der Waals surface area contributed by atoms with Gasteiger partial charge in [0.2, 0.25) is 0 Å². The Kier molecular flexibility index (Phi) is 7.33. The van der Waals surface area contributed by atoms with Crippen LogP contribution in [0.15, 0.2) is 48.0 Å². The molecule has 10 heteroatoms. The maximum atomic E-state index is 13.9. The molecule has 0 saturated carbocycles. The third-order valence-corrected chi connectivity index (χ3v) is 5.35. The smallest absolute Gasteiger partial charge is 0.254 e. The summed E-state index contributed by atoms with van der Waals surface area (Å²) in [7, 11) is 1.71. The maximum Gasteiger partial charge on any atom is 0.254 e. The quantitative estimate of drug-likeness (QED) is 0.436. The molecule has 0 fully saturated rings. The van der Waals surface area contributed by atoms with Crippen molar-refractivity contribution in [3.63, 3.8) is 0 Å². The number of alkyl halides is 1. The molecule has 33 heavy (non-hydrogen) atoms. The van der Waals surface area contributed by atoms with Crippen LogP contribution in [0.1, 0.15) is 42.6 Å². The van der Waals surface area contributed by atoms with E-state index in [0.717, 1.165) is 6.42 Å². The molecule has 0 aliphatic heterocycles. The number of benzene rings is 1. The molecule has 8 nitrogen and oxygen atoms in total. The second-order valence-electron chi connectivity index (χ2n) is 7.91. The molecule has 2 aromatic rings. The molecule has 0 radical (unpaired) electrons. The monoisotopic (exact) mass is 456 g/mol. The zero-order valence-corrected chi connectivity index (χ0v) is 18.5. The van der Waals surface area contributed by atoms with E-state index in [9.17, 15) is 13.6 Å². The summed E-state index contributed by atoms with van der Waals surface area (Å²) in [5, 5.41) is 13.4. The lowest BCUT2D eigenvalue weighted by Crippen LogP contribution is -2.17. The first-order valence-corrected chi connectivity index (χ1v) is 10.5. The Morgan fingerprint density at radius 2 is 2.12 bits per heavy atom. The number of nitrogens with zero attached hydrogens (tertiary/aromatic N) is 4. The molecule has 4 N–H and O–H groups in total. The Bertz CT molecular complexity index is 1120. The molecule has 174 valence electrons. The van der Waals surface area contributed by atoms with Gasteiger partial charge >= 0.3 is 0 Å². The summed E-state index contributed by atoms with van der Waals surface area (Å²) in [6.45, 7) is 2.51. The second kappa shape index (κ2) is 10.2. The molecule has 0 saturated heterocycles. The van der Waals surface area contributed by atoms with Gasteiger partial charge in [0.25, 0.3) is 5.91 Å². The zero-order valence-electron chi connectivity index (χ0n) is 18.5. The van der Waals surface area contributed by atoms with E-state index >= 15 is 0 Å². The Morgan fingerprint density at radius 3 is 2.73 bits per heavy atom. The number of allylic oxidation sites excluding steroid dienone is 3. The van der Waals surface area contributed by atoms with Crippen LogP contribution < -0.4 is 16.2 Å². The van der Waals surface area contributed by atoms with Crippen molar-refractivity contribution in [1.29, 1.82) is 5.26 Å². The van der Waals surface area contributed by atoms with Crippen LogP contribution in [-0.4, -0.2) is 40.4 Å². The molecule has 1 aliphatic rings. The number of amides is 1. The molecule has 2 atom stereocenters. The van der Waals surface area contributed by atoms with Gasteiger partial charge in [-0.3, -0.25) is 4.79 Å². The van der Waals surface area contributed by atoms with Crippen molar-refractivity contribution in [2.75, 3.05) is 19.3 Å². The third kappa shape index (κ3) is 5.49. The second-order valence-corrected chi connectivity index (χ2v) is 7.91. The number of hydrogen-bond acceptors (Lipinski definition) is 6. The minimum absolute atomic E-state index is 0.0427. The van der Waals surface area contributed by atoms with Crippen molar-refractivity contribution in [3.8, 4) is 23.2 Å². The van der Waals surface area contributed by atoms with E-state index in [2.05, 4.69) is 5.10 Å². The van der Waals surface area contributed by atoms with Gasteiger partial charge < -0.3 is 21.1 Å². The lowest BCUT2D eigenvalue weighted by Gasteiger charge is -2.15. The number of hydrogen-bond donors (Lipinski definition) is 2. The molecule has 1 heterocycles. The molecule has 1 unspecified atom stereocenters. The van der Waals surface area contributed by atoms with Crippen molar-refractivity contribution in [3.05, 3.63) is 53.6 Å². The molecular formula is C23H26F2N6O2. The fraction of sp³-hybridized carbons (Fsp3) is 0.348. The molecule has 1 aromatic carbocycles. The Balaban J connectivity index is 1.81. The van der Waals surface area contributed by atoms with Crippen LogP contribution in [0.4, 0.5) is 14.6 Å². The van der Waals surface area contributed by atoms with Crippen molar-refractivity contribution < 1.29 is 18.3 Å². The van der Waals surface area contributed by atoms with Crippen LogP contribution in [-0.2, 0) is 0 Å². The van der Waals surface area contributed by atoms with E-state index in [1.165, 1.54) is 17.1 Å². The van der Waals surface area contributed by atoms with Gasteiger partial charge in [0.15, 0.2) is 12.0 Å². The molecule has 1 aliphatic carbocycles. The summed E-state index contributed by atoms with van der Waals surface area (Å²) in [6, 6.07) is 6.37. The molecular weight excluding hydrogens is 430 g/mol. The number of ether oxygens (including phenoxy) is 1. The number of carbonyl (C=O) groups excluding carboxylic acids is 1. The average Bonchev–Trinajstić information content (AvgIpc) is 3.13. The van der Waals surface area contributed by atoms with E-state index in [0.29, 0.717) is 30.0 Å². The van der Waals surface area contributed by atoms with Gasteiger partial charge in [-0.25, -0.2) is 13.5 Å². The number of aromatic nitrogens is 2. The van der Waals surface area contributed by atoms with E-state index in [-0.39, 0.29) is 29.6 Å². The number of anilines is 1. The van der Waals surface area contributed by atoms with Gasteiger partial charge in [-0.15, -0.1) is 0 Å². The largest absolute Gasteiger partial charge is 0.455 e. The van der Waals surface area contributed by atoms with Crippen LogP contribution in [0.5, 0.6) is 5.75 Å². The summed E-state index contributed by atoms with van der Waals surface area (Å²) in [5.74, 6) is -0.899. The van der Waals surface area contributed by atoms with Crippen molar-refractivity contribution in [1.82, 2.24) is 14.7 Å². The Labute approximate surface area is 190 Å². The Hall–Kier alpha value is -3.87. The number of nitriles is 1. The highest BCUT2D eigenvalue weighted by Crippen LogP contribution is 2.32. The number of nitrogens with two attached hydrogens (primary N) is 2. The minimum Gasteiger partial charge on any atom is -0.455 e. The number of primary amides is 1. The first-order valence-electron chi connectivity index (χ1n) is 10.5. The lowest BCUT2D eigenvalue weighted by atomic mass is 10.1. The van der Waals surface area contributed by atoms with Gasteiger partial charge in [-0.05, 0) is 56.2 Å². The molecule has 1 aromatic heterocycles. The minimum atomic E-state index is -1.36. The highest BCUT2D eigenvalue weighted by atomic mass is 19.1. The summed E-state index contributed by atoms with van der Waals surface area (Å²) in [6.07, 6.45) is 4.26. The standard InChI is InChI=1S/C23H26F2N6O2/c1-14(4-3-11-30(2)13-26)31-22(27)20(23(28)32)21(29-31)15-5-8-17(9-6-15)33-19-10-7-16(24)12-18(19)25/h5-10,14,16H,3-4,11-12,27H2,1-2H3,(H2,28,32)/t14-,16?/m0/s1. The first-order chi connectivity index (χ1) is 15.7. The normalized spacial score (nSPS) is 16.4. The van der Waals surface area contributed by atoms with Gasteiger partial charge in [-0.1, -0.05) is 0 Å². The van der Waals surface area contributed by atoms with Crippen molar-refractivity contribution >= 4 is 11.7 Å². The third-order valence-electron chi connectivity index (χ3n) is 5.35. The number of rotatable bonds is 9. The molecule has 0 spiro atoms. The van der Waals surface area contributed by atoms with Crippen LogP contribution in [0, 0.1) is 11.5 Å². The van der Waals surface area contributed by atoms with Gasteiger partial charge in [-0.2, -0.15) is 10.4 Å². The fourth-order valence-electron chi connectivity index (χ4n) is 3.54. The van der Waals surface area contributed by atoms with Gasteiger partial charge in [0.05, 0.1) is 6.04 Å². The van der Waals surface area contributed by atoms with E-state index in [1.54, 1.807) is 36.0 Å². The molecule has 3 rings (SSSR count). The summed E-state index contributed by atoms with van der Waals surface area (Å²) >= 11 is 0. The van der Waals surface area contributed by atoms with E-state index < -0.39 is 17.9 Å². The summed E-state index contributed by atoms with van der Waals surface area (Å²) < 4.78 is 34.2.